The number of rotatable bonds is 3. The van der Waals surface area contributed by atoms with Crippen LogP contribution in [0.25, 0.3) is 0 Å². The summed E-state index contributed by atoms with van der Waals surface area (Å²) in [6.07, 6.45) is 3.42. The van der Waals surface area contributed by atoms with E-state index in [1.807, 2.05) is 18.2 Å². The molecule has 0 saturated carbocycles. The highest BCUT2D eigenvalue weighted by molar-refractivity contribution is 6.30. The SMILES string of the molecule is Clc1ccc2c(c1)CC(CNC1Cc3ccccc3C1)O2. The van der Waals surface area contributed by atoms with Gasteiger partial charge in [0.05, 0.1) is 0 Å². The van der Waals surface area contributed by atoms with E-state index in [0.717, 1.165) is 36.6 Å². The molecule has 1 N–H and O–H groups in total. The fraction of sp³-hybridized carbons (Fsp3) is 0.333. The van der Waals surface area contributed by atoms with E-state index >= 15 is 0 Å². The normalized spacial score (nSPS) is 20.1. The van der Waals surface area contributed by atoms with E-state index in [0.29, 0.717) is 6.04 Å². The minimum atomic E-state index is 0.224. The maximum atomic E-state index is 6.03. The zero-order valence-electron chi connectivity index (χ0n) is 11.8. The molecule has 0 saturated heterocycles. The molecule has 0 bridgehead atoms. The van der Waals surface area contributed by atoms with Gasteiger partial charge in [0.1, 0.15) is 11.9 Å². The van der Waals surface area contributed by atoms with Crippen LogP contribution in [0.3, 0.4) is 0 Å². The van der Waals surface area contributed by atoms with Gasteiger partial charge in [-0.25, -0.2) is 0 Å². The lowest BCUT2D eigenvalue weighted by Gasteiger charge is -2.16. The minimum Gasteiger partial charge on any atom is -0.488 e. The molecule has 1 aliphatic carbocycles. The molecular formula is C18H18ClNO. The fourth-order valence-corrected chi connectivity index (χ4v) is 3.60. The van der Waals surface area contributed by atoms with Crippen LogP contribution in [0.5, 0.6) is 5.75 Å². The third-order valence-electron chi connectivity index (χ3n) is 4.45. The second-order valence-corrected chi connectivity index (χ2v) is 6.41. The topological polar surface area (TPSA) is 21.3 Å². The molecule has 1 heterocycles. The summed E-state index contributed by atoms with van der Waals surface area (Å²) in [5, 5.41) is 4.45. The van der Waals surface area contributed by atoms with E-state index in [2.05, 4.69) is 29.6 Å². The molecule has 4 rings (SSSR count). The highest BCUT2D eigenvalue weighted by Gasteiger charge is 2.25. The summed E-state index contributed by atoms with van der Waals surface area (Å²) in [7, 11) is 0. The molecular weight excluding hydrogens is 282 g/mol. The first-order valence-electron chi connectivity index (χ1n) is 7.53. The van der Waals surface area contributed by atoms with Gasteiger partial charge in [-0.1, -0.05) is 35.9 Å². The number of halogens is 1. The maximum Gasteiger partial charge on any atom is 0.123 e. The summed E-state index contributed by atoms with van der Waals surface area (Å²) in [5.74, 6) is 0.987. The molecule has 2 nitrogen and oxygen atoms in total. The highest BCUT2D eigenvalue weighted by Crippen LogP contribution is 2.31. The molecule has 0 fully saturated rings. The Kier molecular flexibility index (Phi) is 3.36. The molecule has 2 aliphatic rings. The third-order valence-corrected chi connectivity index (χ3v) is 4.68. The molecule has 0 radical (unpaired) electrons. The van der Waals surface area contributed by atoms with Crippen molar-refractivity contribution in [2.75, 3.05) is 6.54 Å². The predicted octanol–water partition coefficient (Wildman–Crippen LogP) is 3.40. The molecule has 1 unspecified atom stereocenters. The predicted molar refractivity (Wildman–Crippen MR) is 85.2 cm³/mol. The van der Waals surface area contributed by atoms with Gasteiger partial charge in [0.15, 0.2) is 0 Å². The van der Waals surface area contributed by atoms with Gasteiger partial charge in [-0.3, -0.25) is 0 Å². The van der Waals surface area contributed by atoms with Crippen molar-refractivity contribution in [3.05, 3.63) is 64.2 Å². The Labute approximate surface area is 130 Å². The van der Waals surface area contributed by atoms with Gasteiger partial charge < -0.3 is 10.1 Å². The van der Waals surface area contributed by atoms with Crippen LogP contribution in [0, 0.1) is 0 Å². The van der Waals surface area contributed by atoms with Crippen molar-refractivity contribution in [1.82, 2.24) is 5.32 Å². The number of hydrogen-bond acceptors (Lipinski definition) is 2. The van der Waals surface area contributed by atoms with E-state index < -0.39 is 0 Å². The summed E-state index contributed by atoms with van der Waals surface area (Å²) in [4.78, 5) is 0. The monoisotopic (exact) mass is 299 g/mol. The lowest BCUT2D eigenvalue weighted by Crippen LogP contribution is -2.37. The van der Waals surface area contributed by atoms with Crippen LogP contribution in [0.2, 0.25) is 5.02 Å². The van der Waals surface area contributed by atoms with Crippen LogP contribution < -0.4 is 10.1 Å². The van der Waals surface area contributed by atoms with Crippen molar-refractivity contribution in [2.45, 2.75) is 31.4 Å². The first-order chi connectivity index (χ1) is 10.3. The standard InChI is InChI=1S/C18H18ClNO/c19-15-5-6-18-14(7-15)10-17(21-18)11-20-16-8-12-3-1-2-4-13(12)9-16/h1-7,16-17,20H,8-11H2. The third kappa shape index (κ3) is 2.66. The molecule has 3 heteroatoms. The number of ether oxygens (including phenoxy) is 1. The van der Waals surface area contributed by atoms with Crippen molar-refractivity contribution in [1.29, 1.82) is 0 Å². The van der Waals surface area contributed by atoms with Gasteiger partial charge in [0, 0.05) is 24.0 Å². The Morgan fingerprint density at radius 1 is 1.00 bits per heavy atom. The van der Waals surface area contributed by atoms with Crippen LogP contribution >= 0.6 is 11.6 Å². The molecule has 0 spiro atoms. The summed E-state index contributed by atoms with van der Waals surface area (Å²) in [6.45, 7) is 0.894. The van der Waals surface area contributed by atoms with Gasteiger partial charge in [-0.2, -0.15) is 0 Å². The van der Waals surface area contributed by atoms with E-state index in [9.17, 15) is 0 Å². The van der Waals surface area contributed by atoms with E-state index in [-0.39, 0.29) is 6.10 Å². The minimum absolute atomic E-state index is 0.224. The molecule has 0 aromatic heterocycles. The Morgan fingerprint density at radius 2 is 1.76 bits per heavy atom. The van der Waals surface area contributed by atoms with Crippen molar-refractivity contribution in [3.8, 4) is 5.75 Å². The first kappa shape index (κ1) is 13.2. The second kappa shape index (κ2) is 5.36. The summed E-state index contributed by atoms with van der Waals surface area (Å²) < 4.78 is 5.98. The maximum absolute atomic E-state index is 6.03. The van der Waals surface area contributed by atoms with Crippen LogP contribution in [0.1, 0.15) is 16.7 Å². The van der Waals surface area contributed by atoms with Gasteiger partial charge in [-0.05, 0) is 47.7 Å². The van der Waals surface area contributed by atoms with Gasteiger partial charge >= 0.3 is 0 Å². The lowest BCUT2D eigenvalue weighted by molar-refractivity contribution is 0.221. The number of nitrogens with one attached hydrogen (secondary N) is 1. The molecule has 1 aliphatic heterocycles. The Morgan fingerprint density at radius 3 is 2.52 bits per heavy atom. The molecule has 2 aromatic rings. The smallest absolute Gasteiger partial charge is 0.123 e. The van der Waals surface area contributed by atoms with Crippen molar-refractivity contribution >= 4 is 11.6 Å². The Hall–Kier alpha value is -1.51. The number of fused-ring (bicyclic) bond motifs is 2. The van der Waals surface area contributed by atoms with Gasteiger partial charge in [0.2, 0.25) is 0 Å². The average molecular weight is 300 g/mol. The lowest BCUT2D eigenvalue weighted by atomic mass is 10.1. The first-order valence-corrected chi connectivity index (χ1v) is 7.91. The largest absolute Gasteiger partial charge is 0.488 e. The Balaban J connectivity index is 1.34. The fourth-order valence-electron chi connectivity index (χ4n) is 3.40. The number of hydrogen-bond donors (Lipinski definition) is 1. The van der Waals surface area contributed by atoms with E-state index in [1.165, 1.54) is 16.7 Å². The highest BCUT2D eigenvalue weighted by atomic mass is 35.5. The zero-order chi connectivity index (χ0) is 14.2. The summed E-state index contributed by atoms with van der Waals surface area (Å²) >= 11 is 6.03. The van der Waals surface area contributed by atoms with Gasteiger partial charge in [-0.15, -0.1) is 0 Å². The van der Waals surface area contributed by atoms with Crippen LogP contribution in [0.4, 0.5) is 0 Å². The van der Waals surface area contributed by atoms with Crippen LogP contribution in [0.15, 0.2) is 42.5 Å². The van der Waals surface area contributed by atoms with Crippen molar-refractivity contribution in [2.24, 2.45) is 0 Å². The molecule has 0 amide bonds. The second-order valence-electron chi connectivity index (χ2n) is 5.98. The number of benzene rings is 2. The van der Waals surface area contributed by atoms with Gasteiger partial charge in [0.25, 0.3) is 0 Å². The molecule has 2 aromatic carbocycles. The van der Waals surface area contributed by atoms with E-state index in [4.69, 9.17) is 16.3 Å². The quantitative estimate of drug-likeness (QED) is 0.938. The summed E-state index contributed by atoms with van der Waals surface area (Å²) in [6, 6.07) is 15.2. The zero-order valence-corrected chi connectivity index (χ0v) is 12.6. The Bertz CT molecular complexity index is 645. The van der Waals surface area contributed by atoms with Crippen molar-refractivity contribution in [3.63, 3.8) is 0 Å². The van der Waals surface area contributed by atoms with Crippen LogP contribution in [-0.2, 0) is 19.3 Å². The summed E-state index contributed by atoms with van der Waals surface area (Å²) in [5.41, 5.74) is 4.19. The van der Waals surface area contributed by atoms with E-state index in [1.54, 1.807) is 0 Å². The molecule has 108 valence electrons. The molecule has 1 atom stereocenters. The van der Waals surface area contributed by atoms with Crippen molar-refractivity contribution < 1.29 is 4.74 Å². The average Bonchev–Trinajstić information content (AvgIpc) is 3.07. The molecule has 21 heavy (non-hydrogen) atoms. The van der Waals surface area contributed by atoms with Crippen LogP contribution in [-0.4, -0.2) is 18.7 Å².